The van der Waals surface area contributed by atoms with Crippen LogP contribution in [0, 0.1) is 5.92 Å². The molecule has 4 heteroatoms. The summed E-state index contributed by atoms with van der Waals surface area (Å²) in [4.78, 5) is -0.240. The number of rotatable bonds is 4. The minimum Gasteiger partial charge on any atom is -0.189 e. The third kappa shape index (κ3) is 3.78. The summed E-state index contributed by atoms with van der Waals surface area (Å²) in [6.45, 7) is 2.22. The van der Waals surface area contributed by atoms with Gasteiger partial charge in [0, 0.05) is 0 Å². The van der Waals surface area contributed by atoms with Crippen LogP contribution < -0.4 is 0 Å². The highest BCUT2D eigenvalue weighted by Crippen LogP contribution is 2.37. The SMILES string of the molecule is CCCC1CCC(c2ccc(S(=O)(=O)F)cc2)CC1. The molecule has 2 rings (SSSR count). The van der Waals surface area contributed by atoms with Gasteiger partial charge in [0.25, 0.3) is 0 Å². The molecule has 0 unspecified atom stereocenters. The average Bonchev–Trinajstić information content (AvgIpc) is 2.39. The highest BCUT2D eigenvalue weighted by molar-refractivity contribution is 7.86. The van der Waals surface area contributed by atoms with E-state index >= 15 is 0 Å². The Morgan fingerprint density at radius 1 is 1.11 bits per heavy atom. The van der Waals surface area contributed by atoms with Gasteiger partial charge >= 0.3 is 10.2 Å². The molecule has 1 aromatic carbocycles. The van der Waals surface area contributed by atoms with E-state index in [1.807, 2.05) is 0 Å². The van der Waals surface area contributed by atoms with Gasteiger partial charge < -0.3 is 0 Å². The molecule has 0 amide bonds. The summed E-state index contributed by atoms with van der Waals surface area (Å²) in [7, 11) is -4.57. The van der Waals surface area contributed by atoms with Crippen molar-refractivity contribution in [3.05, 3.63) is 29.8 Å². The van der Waals surface area contributed by atoms with Gasteiger partial charge in [-0.1, -0.05) is 31.9 Å². The molecular weight excluding hydrogens is 263 g/mol. The van der Waals surface area contributed by atoms with Crippen molar-refractivity contribution in [1.29, 1.82) is 0 Å². The normalized spacial score (nSPS) is 24.3. The summed E-state index contributed by atoms with van der Waals surface area (Å²) < 4.78 is 34.3. The second-order valence-electron chi connectivity index (χ2n) is 5.51. The predicted molar refractivity (Wildman–Crippen MR) is 74.3 cm³/mol. The Hall–Kier alpha value is -0.900. The minimum absolute atomic E-state index is 0.240. The molecule has 0 spiro atoms. The molecule has 0 saturated heterocycles. The quantitative estimate of drug-likeness (QED) is 0.767. The maximum Gasteiger partial charge on any atom is 0.332 e. The minimum atomic E-state index is -4.57. The van der Waals surface area contributed by atoms with E-state index in [1.165, 1.54) is 37.8 Å². The average molecular weight is 284 g/mol. The van der Waals surface area contributed by atoms with Crippen molar-refractivity contribution in [3.8, 4) is 0 Å². The molecule has 0 N–H and O–H groups in total. The first kappa shape index (κ1) is 14.5. The number of hydrogen-bond acceptors (Lipinski definition) is 2. The lowest BCUT2D eigenvalue weighted by molar-refractivity contribution is 0.308. The smallest absolute Gasteiger partial charge is 0.189 e. The molecule has 1 aromatic rings. The van der Waals surface area contributed by atoms with Gasteiger partial charge in [0.15, 0.2) is 0 Å². The molecule has 19 heavy (non-hydrogen) atoms. The van der Waals surface area contributed by atoms with Crippen LogP contribution >= 0.6 is 0 Å². The fourth-order valence-electron chi connectivity index (χ4n) is 3.10. The van der Waals surface area contributed by atoms with E-state index in [0.717, 1.165) is 24.3 Å². The van der Waals surface area contributed by atoms with E-state index in [-0.39, 0.29) is 4.90 Å². The van der Waals surface area contributed by atoms with Gasteiger partial charge in [0.1, 0.15) is 0 Å². The molecule has 0 bridgehead atoms. The fourth-order valence-corrected chi connectivity index (χ4v) is 3.56. The molecule has 0 aromatic heterocycles. The second kappa shape index (κ2) is 6.04. The van der Waals surface area contributed by atoms with Crippen molar-refractivity contribution in [2.24, 2.45) is 5.92 Å². The van der Waals surface area contributed by atoms with Gasteiger partial charge in [0.05, 0.1) is 4.90 Å². The van der Waals surface area contributed by atoms with Crippen molar-refractivity contribution in [2.45, 2.75) is 56.3 Å². The Kier molecular flexibility index (Phi) is 4.61. The maximum atomic E-state index is 12.8. The van der Waals surface area contributed by atoms with E-state index < -0.39 is 10.2 Å². The molecule has 1 aliphatic rings. The van der Waals surface area contributed by atoms with Crippen molar-refractivity contribution in [1.82, 2.24) is 0 Å². The zero-order chi connectivity index (χ0) is 13.9. The Balaban J connectivity index is 2.00. The zero-order valence-electron chi connectivity index (χ0n) is 11.3. The summed E-state index contributed by atoms with van der Waals surface area (Å²) >= 11 is 0. The predicted octanol–water partition coefficient (Wildman–Crippen LogP) is 4.42. The lowest BCUT2D eigenvalue weighted by Crippen LogP contribution is -2.13. The van der Waals surface area contributed by atoms with Crippen molar-refractivity contribution in [3.63, 3.8) is 0 Å². The Morgan fingerprint density at radius 2 is 1.68 bits per heavy atom. The fraction of sp³-hybridized carbons (Fsp3) is 0.600. The van der Waals surface area contributed by atoms with E-state index in [4.69, 9.17) is 0 Å². The molecule has 2 nitrogen and oxygen atoms in total. The number of hydrogen-bond donors (Lipinski definition) is 0. The molecule has 0 heterocycles. The van der Waals surface area contributed by atoms with Crippen LogP contribution in [0.2, 0.25) is 0 Å². The molecule has 1 aliphatic carbocycles. The van der Waals surface area contributed by atoms with Crippen LogP contribution in [0.5, 0.6) is 0 Å². The van der Waals surface area contributed by atoms with Gasteiger partial charge in [-0.2, -0.15) is 8.42 Å². The van der Waals surface area contributed by atoms with Crippen molar-refractivity contribution < 1.29 is 12.3 Å². The highest BCUT2D eigenvalue weighted by Gasteiger charge is 2.22. The molecule has 1 fully saturated rings. The van der Waals surface area contributed by atoms with E-state index in [2.05, 4.69) is 6.92 Å². The first-order valence-electron chi connectivity index (χ1n) is 7.05. The monoisotopic (exact) mass is 284 g/mol. The van der Waals surface area contributed by atoms with Gasteiger partial charge in [-0.25, -0.2) is 0 Å². The summed E-state index contributed by atoms with van der Waals surface area (Å²) in [6.07, 6.45) is 7.38. The lowest BCUT2D eigenvalue weighted by atomic mass is 9.77. The Labute approximate surface area is 115 Å². The van der Waals surface area contributed by atoms with E-state index in [0.29, 0.717) is 5.92 Å². The van der Waals surface area contributed by atoms with E-state index in [1.54, 1.807) is 12.1 Å². The molecular formula is C15H21FO2S. The van der Waals surface area contributed by atoms with Crippen LogP contribution in [0.4, 0.5) is 3.89 Å². The third-order valence-corrected chi connectivity index (χ3v) is 5.01. The Bertz CT molecular complexity index is 499. The summed E-state index contributed by atoms with van der Waals surface area (Å²) in [5.41, 5.74) is 1.14. The molecule has 0 atom stereocenters. The number of benzene rings is 1. The first-order chi connectivity index (χ1) is 9.00. The second-order valence-corrected chi connectivity index (χ2v) is 6.86. The zero-order valence-corrected chi connectivity index (χ0v) is 12.1. The van der Waals surface area contributed by atoms with Crippen LogP contribution in [0.25, 0.3) is 0 Å². The summed E-state index contributed by atoms with van der Waals surface area (Å²) in [5.74, 6) is 1.36. The topological polar surface area (TPSA) is 34.1 Å². The van der Waals surface area contributed by atoms with Crippen LogP contribution in [-0.2, 0) is 10.2 Å². The van der Waals surface area contributed by atoms with Gasteiger partial charge in [-0.3, -0.25) is 0 Å². The Morgan fingerprint density at radius 3 is 2.16 bits per heavy atom. The molecule has 1 saturated carbocycles. The molecule has 0 radical (unpaired) electrons. The summed E-state index contributed by atoms with van der Waals surface area (Å²) in [5, 5.41) is 0. The van der Waals surface area contributed by atoms with Crippen molar-refractivity contribution in [2.75, 3.05) is 0 Å². The van der Waals surface area contributed by atoms with Crippen LogP contribution in [0.15, 0.2) is 29.2 Å². The van der Waals surface area contributed by atoms with Gasteiger partial charge in [-0.15, -0.1) is 3.89 Å². The third-order valence-electron chi connectivity index (χ3n) is 4.18. The summed E-state index contributed by atoms with van der Waals surface area (Å²) in [6, 6.07) is 6.28. The highest BCUT2D eigenvalue weighted by atomic mass is 32.3. The largest absolute Gasteiger partial charge is 0.332 e. The number of halogens is 1. The molecule has 106 valence electrons. The first-order valence-corrected chi connectivity index (χ1v) is 8.43. The van der Waals surface area contributed by atoms with Gasteiger partial charge in [0.2, 0.25) is 0 Å². The molecule has 0 aliphatic heterocycles. The van der Waals surface area contributed by atoms with Crippen molar-refractivity contribution >= 4 is 10.2 Å². The van der Waals surface area contributed by atoms with Crippen LogP contribution in [0.3, 0.4) is 0 Å². The van der Waals surface area contributed by atoms with Crippen LogP contribution in [0.1, 0.15) is 56.9 Å². The maximum absolute atomic E-state index is 12.8. The lowest BCUT2D eigenvalue weighted by Gasteiger charge is -2.28. The standard InChI is InChI=1S/C15H21FO2S/c1-2-3-12-4-6-13(7-5-12)14-8-10-15(11-9-14)19(16,17)18/h8-13H,2-7H2,1H3. The van der Waals surface area contributed by atoms with Gasteiger partial charge in [-0.05, 0) is 55.2 Å². The van der Waals surface area contributed by atoms with Crippen LogP contribution in [-0.4, -0.2) is 8.42 Å². The van der Waals surface area contributed by atoms with E-state index in [9.17, 15) is 12.3 Å².